The minimum atomic E-state index is 0.654. The molecule has 0 bridgehead atoms. The second-order valence-corrected chi connectivity index (χ2v) is 5.71. The average Bonchev–Trinajstić information content (AvgIpc) is 2.57. The lowest BCUT2D eigenvalue weighted by Crippen LogP contribution is -2.25. The van der Waals surface area contributed by atoms with Crippen LogP contribution < -0.4 is 10.6 Å². The van der Waals surface area contributed by atoms with Crippen molar-refractivity contribution in [1.82, 2.24) is 0 Å². The second kappa shape index (κ2) is 6.44. The fraction of sp³-hybridized carbons (Fsp3) is 0.600. The van der Waals surface area contributed by atoms with E-state index in [1.165, 1.54) is 30.5 Å². The van der Waals surface area contributed by atoms with Crippen LogP contribution >= 0.6 is 11.6 Å². The van der Waals surface area contributed by atoms with Crippen molar-refractivity contribution in [3.05, 3.63) is 28.8 Å². The van der Waals surface area contributed by atoms with Gasteiger partial charge in [-0.3, -0.25) is 0 Å². The molecule has 0 aliphatic carbocycles. The van der Waals surface area contributed by atoms with E-state index in [1.807, 2.05) is 12.1 Å². The maximum atomic E-state index is 6.31. The summed E-state index contributed by atoms with van der Waals surface area (Å²) in [7, 11) is 0. The normalized spacial score (nSPS) is 20.8. The predicted octanol–water partition coefficient (Wildman–Crippen LogP) is 3.47. The van der Waals surface area contributed by atoms with Crippen LogP contribution in [0.1, 0.15) is 31.7 Å². The summed E-state index contributed by atoms with van der Waals surface area (Å²) in [6.45, 7) is 5.28. The highest BCUT2D eigenvalue weighted by Gasteiger charge is 2.17. The summed E-state index contributed by atoms with van der Waals surface area (Å²) in [5.41, 5.74) is 8.22. The lowest BCUT2D eigenvalue weighted by molar-refractivity contribution is 0.521. The Morgan fingerprint density at radius 1 is 1.33 bits per heavy atom. The fourth-order valence-electron chi connectivity index (χ4n) is 2.74. The zero-order chi connectivity index (χ0) is 13.0. The molecule has 1 unspecified atom stereocenters. The minimum absolute atomic E-state index is 0.654. The average molecular weight is 267 g/mol. The van der Waals surface area contributed by atoms with E-state index < -0.39 is 0 Å². The molecule has 0 spiro atoms. The molecule has 2 rings (SSSR count). The first-order chi connectivity index (χ1) is 8.72. The molecule has 1 fully saturated rings. The summed E-state index contributed by atoms with van der Waals surface area (Å²) in [4.78, 5) is 2.49. The molecule has 1 saturated heterocycles. The van der Waals surface area contributed by atoms with Gasteiger partial charge in [-0.2, -0.15) is 0 Å². The number of nitrogens with two attached hydrogens (primary N) is 1. The first kappa shape index (κ1) is 13.7. The first-order valence-electron chi connectivity index (χ1n) is 6.94. The Hall–Kier alpha value is -0.730. The van der Waals surface area contributed by atoms with E-state index in [2.05, 4.69) is 17.9 Å². The van der Waals surface area contributed by atoms with E-state index in [0.29, 0.717) is 6.54 Å². The van der Waals surface area contributed by atoms with Crippen molar-refractivity contribution in [2.45, 2.75) is 32.6 Å². The van der Waals surface area contributed by atoms with Crippen LogP contribution in [0.15, 0.2) is 18.2 Å². The van der Waals surface area contributed by atoms with Gasteiger partial charge in [0.1, 0.15) is 0 Å². The molecule has 100 valence electrons. The van der Waals surface area contributed by atoms with Gasteiger partial charge in [0.25, 0.3) is 0 Å². The predicted molar refractivity (Wildman–Crippen MR) is 79.4 cm³/mol. The molecule has 1 aromatic rings. The Labute approximate surface area is 115 Å². The Bertz CT molecular complexity index is 392. The summed E-state index contributed by atoms with van der Waals surface area (Å²) >= 11 is 6.31. The molecular weight excluding hydrogens is 244 g/mol. The standard InChI is InChI=1S/C15H23ClN2/c1-12-4-3-10-18(11-8-12)15-6-2-5-14(16)13(15)7-9-17/h2,5-6,12H,3-4,7-11,17H2,1H3. The van der Waals surface area contributed by atoms with Gasteiger partial charge in [0, 0.05) is 23.8 Å². The number of nitrogens with zero attached hydrogens (tertiary/aromatic N) is 1. The molecule has 0 aromatic heterocycles. The van der Waals surface area contributed by atoms with Crippen molar-refractivity contribution in [1.29, 1.82) is 0 Å². The lowest BCUT2D eigenvalue weighted by atomic mass is 10.0. The van der Waals surface area contributed by atoms with E-state index in [0.717, 1.165) is 30.5 Å². The van der Waals surface area contributed by atoms with Gasteiger partial charge in [0.05, 0.1) is 0 Å². The van der Waals surface area contributed by atoms with E-state index in [9.17, 15) is 0 Å². The van der Waals surface area contributed by atoms with Crippen molar-refractivity contribution in [2.24, 2.45) is 11.7 Å². The summed E-state index contributed by atoms with van der Waals surface area (Å²) in [5, 5.41) is 0.857. The highest BCUT2D eigenvalue weighted by Crippen LogP contribution is 2.30. The molecule has 1 atom stereocenters. The SMILES string of the molecule is CC1CCCN(c2cccc(Cl)c2CCN)CC1. The molecule has 3 heteroatoms. The van der Waals surface area contributed by atoms with Crippen molar-refractivity contribution in [3.63, 3.8) is 0 Å². The Morgan fingerprint density at radius 2 is 2.17 bits per heavy atom. The van der Waals surface area contributed by atoms with E-state index in [-0.39, 0.29) is 0 Å². The number of hydrogen-bond donors (Lipinski definition) is 1. The summed E-state index contributed by atoms with van der Waals surface area (Å²) in [6, 6.07) is 6.20. The zero-order valence-corrected chi connectivity index (χ0v) is 11.9. The number of halogens is 1. The molecule has 1 aliphatic heterocycles. The smallest absolute Gasteiger partial charge is 0.0459 e. The highest BCUT2D eigenvalue weighted by molar-refractivity contribution is 6.31. The van der Waals surface area contributed by atoms with Gasteiger partial charge in [-0.15, -0.1) is 0 Å². The second-order valence-electron chi connectivity index (χ2n) is 5.30. The van der Waals surface area contributed by atoms with Crippen LogP contribution in [0.4, 0.5) is 5.69 Å². The molecule has 2 nitrogen and oxygen atoms in total. The topological polar surface area (TPSA) is 29.3 Å². The van der Waals surface area contributed by atoms with Crippen LogP contribution in [0.25, 0.3) is 0 Å². The Balaban J connectivity index is 2.23. The molecular formula is C15H23ClN2. The molecule has 1 aliphatic rings. The molecule has 2 N–H and O–H groups in total. The van der Waals surface area contributed by atoms with Gasteiger partial charge < -0.3 is 10.6 Å². The maximum absolute atomic E-state index is 6.31. The zero-order valence-electron chi connectivity index (χ0n) is 11.2. The third-order valence-corrected chi connectivity index (χ3v) is 4.20. The van der Waals surface area contributed by atoms with Gasteiger partial charge >= 0.3 is 0 Å². The van der Waals surface area contributed by atoms with Crippen LogP contribution in [0.2, 0.25) is 5.02 Å². The summed E-state index contributed by atoms with van der Waals surface area (Å²) < 4.78 is 0. The first-order valence-corrected chi connectivity index (χ1v) is 7.32. The molecule has 0 radical (unpaired) electrons. The van der Waals surface area contributed by atoms with Crippen LogP contribution in [0, 0.1) is 5.92 Å². The lowest BCUT2D eigenvalue weighted by Gasteiger charge is -2.26. The van der Waals surface area contributed by atoms with E-state index >= 15 is 0 Å². The molecule has 0 amide bonds. The number of anilines is 1. The monoisotopic (exact) mass is 266 g/mol. The van der Waals surface area contributed by atoms with Gasteiger partial charge in [-0.1, -0.05) is 24.6 Å². The van der Waals surface area contributed by atoms with Crippen molar-refractivity contribution in [3.8, 4) is 0 Å². The number of hydrogen-bond acceptors (Lipinski definition) is 2. The largest absolute Gasteiger partial charge is 0.371 e. The number of rotatable bonds is 3. The van der Waals surface area contributed by atoms with Gasteiger partial charge in [-0.25, -0.2) is 0 Å². The minimum Gasteiger partial charge on any atom is -0.371 e. The molecule has 1 heterocycles. The van der Waals surface area contributed by atoms with Crippen LogP contribution in [0.5, 0.6) is 0 Å². The van der Waals surface area contributed by atoms with Crippen LogP contribution in [-0.4, -0.2) is 19.6 Å². The third kappa shape index (κ3) is 3.18. The number of benzene rings is 1. The molecule has 18 heavy (non-hydrogen) atoms. The fourth-order valence-corrected chi connectivity index (χ4v) is 3.00. The van der Waals surface area contributed by atoms with E-state index in [1.54, 1.807) is 0 Å². The van der Waals surface area contributed by atoms with Gasteiger partial charge in [0.2, 0.25) is 0 Å². The Morgan fingerprint density at radius 3 is 2.94 bits per heavy atom. The van der Waals surface area contributed by atoms with Gasteiger partial charge in [-0.05, 0) is 55.8 Å². The van der Waals surface area contributed by atoms with Crippen molar-refractivity contribution >= 4 is 17.3 Å². The van der Waals surface area contributed by atoms with Crippen LogP contribution in [0.3, 0.4) is 0 Å². The van der Waals surface area contributed by atoms with Crippen molar-refractivity contribution < 1.29 is 0 Å². The maximum Gasteiger partial charge on any atom is 0.0459 e. The van der Waals surface area contributed by atoms with Crippen molar-refractivity contribution in [2.75, 3.05) is 24.5 Å². The van der Waals surface area contributed by atoms with Gasteiger partial charge in [0.15, 0.2) is 0 Å². The Kier molecular flexibility index (Phi) is 4.90. The van der Waals surface area contributed by atoms with E-state index in [4.69, 9.17) is 17.3 Å². The quantitative estimate of drug-likeness (QED) is 0.908. The molecule has 1 aromatic carbocycles. The highest BCUT2D eigenvalue weighted by atomic mass is 35.5. The molecule has 0 saturated carbocycles. The van der Waals surface area contributed by atoms with Crippen LogP contribution in [-0.2, 0) is 6.42 Å². The third-order valence-electron chi connectivity index (χ3n) is 3.85. The summed E-state index contributed by atoms with van der Waals surface area (Å²) in [6.07, 6.45) is 4.74. The summed E-state index contributed by atoms with van der Waals surface area (Å²) in [5.74, 6) is 0.840.